The molecule has 3 aliphatic carbocycles. The van der Waals surface area contributed by atoms with Crippen LogP contribution in [0.3, 0.4) is 0 Å². The maximum Gasteiger partial charge on any atom is 0.319 e. The van der Waals surface area contributed by atoms with E-state index in [2.05, 4.69) is 26.0 Å². The number of nitrogens with zero attached hydrogens (tertiary/aromatic N) is 5. The number of piperidine rings is 1. The van der Waals surface area contributed by atoms with E-state index in [1.807, 2.05) is 0 Å². The number of ether oxygens (including phenoxy) is 2. The number of aromatic hydroxyl groups is 1. The molecule has 50 heavy (non-hydrogen) atoms. The van der Waals surface area contributed by atoms with Crippen LogP contribution in [0.1, 0.15) is 50.5 Å². The molecule has 4 atom stereocenters. The van der Waals surface area contributed by atoms with Crippen LogP contribution in [0.2, 0.25) is 0 Å². The van der Waals surface area contributed by atoms with Crippen LogP contribution in [0, 0.1) is 46.6 Å². The van der Waals surface area contributed by atoms with E-state index in [1.54, 1.807) is 0 Å². The average molecular weight is 679 g/mol. The van der Waals surface area contributed by atoms with Crippen molar-refractivity contribution in [2.45, 2.75) is 57.0 Å². The van der Waals surface area contributed by atoms with Gasteiger partial charge in [0.1, 0.15) is 34.0 Å². The number of anilines is 1. The van der Waals surface area contributed by atoms with Crippen molar-refractivity contribution >= 4 is 27.5 Å². The van der Waals surface area contributed by atoms with E-state index >= 15 is 4.39 Å². The maximum atomic E-state index is 17.1. The minimum atomic E-state index is -0.756. The van der Waals surface area contributed by atoms with Crippen molar-refractivity contribution < 1.29 is 23.4 Å². The van der Waals surface area contributed by atoms with Crippen LogP contribution in [-0.2, 0) is 0 Å². The average Bonchev–Trinajstić information content (AvgIpc) is 4.08. The number of benzene rings is 2. The van der Waals surface area contributed by atoms with Gasteiger partial charge in [0.15, 0.2) is 5.82 Å². The van der Waals surface area contributed by atoms with Crippen LogP contribution in [0.25, 0.3) is 32.9 Å². The fourth-order valence-electron chi connectivity index (χ4n) is 9.71. The summed E-state index contributed by atoms with van der Waals surface area (Å²) >= 11 is 0. The Morgan fingerprint density at radius 1 is 1.02 bits per heavy atom. The first-order valence-corrected chi connectivity index (χ1v) is 18.0. The monoisotopic (exact) mass is 678 g/mol. The lowest BCUT2D eigenvalue weighted by atomic mass is 9.83. The summed E-state index contributed by atoms with van der Waals surface area (Å²) in [6, 6.07) is 6.24. The number of halogens is 2. The van der Waals surface area contributed by atoms with Gasteiger partial charge in [-0.15, -0.1) is 6.42 Å². The molecular formula is C39H40F2N6O3. The van der Waals surface area contributed by atoms with Crippen LogP contribution in [0.5, 0.6) is 17.6 Å². The zero-order valence-electron chi connectivity index (χ0n) is 28.1. The second-order valence-corrected chi connectivity index (χ2v) is 15.8. The molecule has 5 heterocycles. The van der Waals surface area contributed by atoms with E-state index in [0.29, 0.717) is 53.8 Å². The second kappa shape index (κ2) is 10.9. The van der Waals surface area contributed by atoms with Crippen molar-refractivity contribution in [2.24, 2.45) is 22.7 Å². The first kappa shape index (κ1) is 30.5. The number of methoxy groups -OCH3 is 1. The normalized spacial score (nSPS) is 27.0. The first-order valence-electron chi connectivity index (χ1n) is 18.0. The zero-order valence-corrected chi connectivity index (χ0v) is 28.1. The smallest absolute Gasteiger partial charge is 0.319 e. The van der Waals surface area contributed by atoms with Gasteiger partial charge in [-0.1, -0.05) is 12.0 Å². The number of piperazine rings is 1. The zero-order chi connectivity index (χ0) is 33.9. The van der Waals surface area contributed by atoms with Gasteiger partial charge in [0.05, 0.1) is 19.3 Å². The molecule has 2 N–H and O–H groups in total. The molecule has 3 saturated carbocycles. The van der Waals surface area contributed by atoms with E-state index in [0.717, 1.165) is 57.2 Å². The minimum absolute atomic E-state index is 0.0120. The molecule has 2 aromatic carbocycles. The molecule has 3 saturated heterocycles. The number of aromatic nitrogens is 3. The van der Waals surface area contributed by atoms with Gasteiger partial charge in [-0.3, -0.25) is 0 Å². The van der Waals surface area contributed by atoms with E-state index < -0.39 is 11.6 Å². The van der Waals surface area contributed by atoms with Crippen LogP contribution < -0.4 is 19.7 Å². The third kappa shape index (κ3) is 4.74. The van der Waals surface area contributed by atoms with Crippen LogP contribution in [0.15, 0.2) is 24.3 Å². The van der Waals surface area contributed by atoms with Crippen molar-refractivity contribution in [1.29, 1.82) is 0 Å². The third-order valence-electron chi connectivity index (χ3n) is 12.8. The number of likely N-dealkylation sites (tertiary alicyclic amines) is 1. The lowest BCUT2D eigenvalue weighted by Gasteiger charge is -2.37. The molecule has 6 aliphatic rings. The maximum absolute atomic E-state index is 17.1. The lowest BCUT2D eigenvalue weighted by Crippen LogP contribution is -2.51. The number of pyridine rings is 1. The van der Waals surface area contributed by atoms with Gasteiger partial charge in [0.2, 0.25) is 5.88 Å². The van der Waals surface area contributed by atoms with Crippen molar-refractivity contribution in [3.8, 4) is 41.2 Å². The van der Waals surface area contributed by atoms with Crippen LogP contribution in [-0.4, -0.2) is 83.5 Å². The highest BCUT2D eigenvalue weighted by Gasteiger charge is 2.75. The second-order valence-electron chi connectivity index (χ2n) is 15.8. The van der Waals surface area contributed by atoms with Crippen molar-refractivity contribution in [1.82, 2.24) is 25.2 Å². The molecule has 0 radical (unpaired) electrons. The van der Waals surface area contributed by atoms with Crippen LogP contribution >= 0.6 is 0 Å². The van der Waals surface area contributed by atoms with E-state index in [4.69, 9.17) is 25.9 Å². The highest BCUT2D eigenvalue weighted by Crippen LogP contribution is 2.81. The summed E-state index contributed by atoms with van der Waals surface area (Å²) in [7, 11) is 1.47. The molecule has 10 rings (SSSR count). The number of rotatable bonds is 8. The number of fused-ring (bicyclic) bond motifs is 7. The largest absolute Gasteiger partial charge is 0.508 e. The van der Waals surface area contributed by atoms with E-state index in [9.17, 15) is 9.50 Å². The Morgan fingerprint density at radius 3 is 2.44 bits per heavy atom. The van der Waals surface area contributed by atoms with Gasteiger partial charge in [-0.25, -0.2) is 13.8 Å². The number of phenols is 1. The summed E-state index contributed by atoms with van der Waals surface area (Å²) in [5.41, 5.74) is 0.637. The SMILES string of the molecule is C#Cc1c(F)ccc2cc(O)cc(-c3nc(OC)c4c(N5CC6CCC(C5)N6)nc(OCC5(CN6CCC7(CC6)C6CC67)CC5)nc4c3F)c12. The first-order chi connectivity index (χ1) is 24.3. The molecule has 6 fully saturated rings. The number of hydrogen-bond acceptors (Lipinski definition) is 9. The number of terminal acetylenes is 1. The molecule has 11 heteroatoms. The highest BCUT2D eigenvalue weighted by atomic mass is 19.1. The molecule has 4 aromatic rings. The van der Waals surface area contributed by atoms with Gasteiger partial charge < -0.3 is 29.7 Å². The Hall–Kier alpha value is -4.27. The molecule has 2 bridgehead atoms. The summed E-state index contributed by atoms with van der Waals surface area (Å²) in [6.45, 7) is 5.15. The van der Waals surface area contributed by atoms with Gasteiger partial charge in [0, 0.05) is 48.1 Å². The number of nitrogens with one attached hydrogen (secondary N) is 1. The van der Waals surface area contributed by atoms with Gasteiger partial charge in [-0.2, -0.15) is 9.97 Å². The summed E-state index contributed by atoms with van der Waals surface area (Å²) < 4.78 is 44.4. The van der Waals surface area contributed by atoms with Gasteiger partial charge >= 0.3 is 6.01 Å². The molecule has 3 aliphatic heterocycles. The predicted octanol–water partition coefficient (Wildman–Crippen LogP) is 5.65. The Labute approximate surface area is 289 Å². The number of phenolic OH excluding ortho intramolecular Hbond substituents is 1. The Bertz CT molecular complexity index is 2100. The molecular weight excluding hydrogens is 638 g/mol. The molecule has 2 aromatic heterocycles. The van der Waals surface area contributed by atoms with Gasteiger partial charge in [-0.05, 0) is 98.9 Å². The molecule has 1 spiro atoms. The quantitative estimate of drug-likeness (QED) is 0.229. The summed E-state index contributed by atoms with van der Waals surface area (Å²) in [6.07, 6.45) is 14.1. The molecule has 0 amide bonds. The predicted molar refractivity (Wildman–Crippen MR) is 185 cm³/mol. The fraction of sp³-hybridized carbons (Fsp3) is 0.513. The Morgan fingerprint density at radius 2 is 1.78 bits per heavy atom. The Kier molecular flexibility index (Phi) is 6.64. The minimum Gasteiger partial charge on any atom is -0.508 e. The molecule has 4 unspecified atom stereocenters. The summed E-state index contributed by atoms with van der Waals surface area (Å²) in [4.78, 5) is 19.0. The highest BCUT2D eigenvalue weighted by molar-refractivity contribution is 6.04. The van der Waals surface area contributed by atoms with Crippen LogP contribution in [0.4, 0.5) is 14.6 Å². The van der Waals surface area contributed by atoms with Crippen molar-refractivity contribution in [3.63, 3.8) is 0 Å². The fourth-order valence-corrected chi connectivity index (χ4v) is 9.71. The van der Waals surface area contributed by atoms with Gasteiger partial charge in [0.25, 0.3) is 0 Å². The third-order valence-corrected chi connectivity index (χ3v) is 12.8. The summed E-state index contributed by atoms with van der Waals surface area (Å²) in [5, 5.41) is 15.4. The van der Waals surface area contributed by atoms with Crippen molar-refractivity contribution in [3.05, 3.63) is 41.5 Å². The molecule has 9 nitrogen and oxygen atoms in total. The van der Waals surface area contributed by atoms with Crippen molar-refractivity contribution in [2.75, 3.05) is 51.3 Å². The molecule has 258 valence electrons. The Balaban J connectivity index is 1.05. The standard InChI is InChI=1S/C39H40F2N6O3/c1-3-25-29(40)7-4-21-14-24(48)15-26(30(21)25)33-32(41)34-31(36(43-33)49-2)35(47-17-22-5-6-23(18-47)42-22)45-37(44-34)50-20-38(8-9-38)19-46-12-10-39(11-13-46)27-16-28(27)39/h1,4,7,14-15,22-23,27-28,42,48H,5-6,8-13,16-20H2,2H3. The lowest BCUT2D eigenvalue weighted by molar-refractivity contribution is 0.0973. The van der Waals surface area contributed by atoms with E-state index in [-0.39, 0.29) is 50.8 Å². The summed E-state index contributed by atoms with van der Waals surface area (Å²) in [5.74, 6) is 3.56. The number of hydrogen-bond donors (Lipinski definition) is 2. The van der Waals surface area contributed by atoms with E-state index in [1.165, 1.54) is 50.6 Å². The topological polar surface area (TPSA) is 95.9 Å².